The molecular weight excluding hydrogens is 382 g/mol. The van der Waals surface area contributed by atoms with Crippen LogP contribution in [0, 0.1) is 0 Å². The van der Waals surface area contributed by atoms with Crippen LogP contribution >= 0.6 is 11.8 Å². The van der Waals surface area contributed by atoms with E-state index in [1.807, 2.05) is 72.8 Å². The average molecular weight is 401 g/mol. The summed E-state index contributed by atoms with van der Waals surface area (Å²) >= 11 is 1.62. The van der Waals surface area contributed by atoms with E-state index in [4.69, 9.17) is 10.5 Å². The molecule has 1 aromatic heterocycles. The number of methoxy groups -OCH3 is 1. The highest BCUT2D eigenvalue weighted by molar-refractivity contribution is 7.99. The molecule has 0 saturated carbocycles. The van der Waals surface area contributed by atoms with Crippen molar-refractivity contribution in [2.75, 3.05) is 12.0 Å². The first kappa shape index (κ1) is 18.8. The van der Waals surface area contributed by atoms with E-state index in [0.29, 0.717) is 17.1 Å². The summed E-state index contributed by atoms with van der Waals surface area (Å²) < 4.78 is 5.55. The van der Waals surface area contributed by atoms with Crippen LogP contribution in [0.1, 0.15) is 0 Å². The van der Waals surface area contributed by atoms with Gasteiger partial charge in [-0.2, -0.15) is 0 Å². The molecule has 0 atom stereocenters. The van der Waals surface area contributed by atoms with Crippen molar-refractivity contribution in [1.82, 2.24) is 4.98 Å². The molecule has 0 saturated heterocycles. The van der Waals surface area contributed by atoms with Crippen molar-refractivity contribution in [3.05, 3.63) is 85.2 Å². The van der Waals surface area contributed by atoms with Crippen LogP contribution in [0.25, 0.3) is 10.8 Å². The molecule has 0 aliphatic rings. The van der Waals surface area contributed by atoms with Crippen molar-refractivity contribution in [3.63, 3.8) is 0 Å². The molecule has 4 aromatic rings. The van der Waals surface area contributed by atoms with E-state index in [9.17, 15) is 4.79 Å². The van der Waals surface area contributed by atoms with Gasteiger partial charge in [0, 0.05) is 22.2 Å². The van der Waals surface area contributed by atoms with E-state index in [1.54, 1.807) is 31.3 Å². The summed E-state index contributed by atoms with van der Waals surface area (Å²) in [5.41, 5.74) is 7.03. The number of primary amides is 1. The van der Waals surface area contributed by atoms with E-state index in [-0.39, 0.29) is 0 Å². The molecule has 1 heterocycles. The second kappa shape index (κ2) is 8.24. The summed E-state index contributed by atoms with van der Waals surface area (Å²) in [7, 11) is 1.58. The third-order valence-electron chi connectivity index (χ3n) is 4.49. The maximum Gasteiger partial charge on any atom is 0.324 e. The Hall–Kier alpha value is -3.51. The van der Waals surface area contributed by atoms with Gasteiger partial charge in [0.15, 0.2) is 0 Å². The van der Waals surface area contributed by atoms with Crippen LogP contribution in [-0.4, -0.2) is 18.1 Å². The first-order chi connectivity index (χ1) is 14.2. The van der Waals surface area contributed by atoms with Gasteiger partial charge in [-0.25, -0.2) is 4.79 Å². The number of amides is 2. The van der Waals surface area contributed by atoms with Crippen LogP contribution in [0.2, 0.25) is 0 Å². The van der Waals surface area contributed by atoms with Crippen LogP contribution < -0.4 is 15.4 Å². The number of nitrogens with two attached hydrogens (primary N) is 1. The van der Waals surface area contributed by atoms with Gasteiger partial charge in [0.1, 0.15) is 5.75 Å². The molecule has 0 bridgehead atoms. The third kappa shape index (κ3) is 4.02. The zero-order chi connectivity index (χ0) is 20.2. The monoisotopic (exact) mass is 401 g/mol. The summed E-state index contributed by atoms with van der Waals surface area (Å²) in [6, 6.07) is 22.8. The van der Waals surface area contributed by atoms with E-state index >= 15 is 0 Å². The molecule has 3 aromatic carbocycles. The zero-order valence-electron chi connectivity index (χ0n) is 15.8. The lowest BCUT2D eigenvalue weighted by Gasteiger charge is -2.23. The number of pyridine rings is 1. The Labute approximate surface area is 173 Å². The highest BCUT2D eigenvalue weighted by Gasteiger charge is 2.20. The molecular formula is C23H19N3O2S. The first-order valence-electron chi connectivity index (χ1n) is 9.00. The van der Waals surface area contributed by atoms with Crippen molar-refractivity contribution in [2.45, 2.75) is 9.79 Å². The molecule has 2 N–H and O–H groups in total. The minimum Gasteiger partial charge on any atom is -0.495 e. The second-order valence-electron chi connectivity index (χ2n) is 6.32. The summed E-state index contributed by atoms with van der Waals surface area (Å²) in [5.74, 6) is 0.581. The van der Waals surface area contributed by atoms with Gasteiger partial charge in [0.05, 0.1) is 18.5 Å². The van der Waals surface area contributed by atoms with Gasteiger partial charge in [-0.15, -0.1) is 0 Å². The second-order valence-corrected chi connectivity index (χ2v) is 7.47. The number of aromatic nitrogens is 1. The molecule has 0 unspecified atom stereocenters. The Balaban J connectivity index is 1.71. The Bertz CT molecular complexity index is 1150. The number of ether oxygens (including phenoxy) is 1. The van der Waals surface area contributed by atoms with E-state index in [2.05, 4.69) is 4.98 Å². The van der Waals surface area contributed by atoms with Gasteiger partial charge < -0.3 is 10.5 Å². The third-order valence-corrected chi connectivity index (χ3v) is 5.50. The average Bonchev–Trinajstić information content (AvgIpc) is 2.75. The molecule has 144 valence electrons. The number of rotatable bonds is 5. The molecule has 5 nitrogen and oxygen atoms in total. The van der Waals surface area contributed by atoms with Crippen LogP contribution in [-0.2, 0) is 0 Å². The lowest BCUT2D eigenvalue weighted by molar-refractivity contribution is 0.256. The normalized spacial score (nSPS) is 10.7. The van der Waals surface area contributed by atoms with Crippen molar-refractivity contribution >= 4 is 39.9 Å². The minimum atomic E-state index is -0.576. The topological polar surface area (TPSA) is 68.5 Å². The number of anilines is 2. The maximum atomic E-state index is 12.4. The number of carbonyl (C=O) groups is 1. The summed E-state index contributed by atoms with van der Waals surface area (Å²) in [5, 5.41) is 2.03. The Morgan fingerprint density at radius 3 is 2.17 bits per heavy atom. The molecule has 2 amide bonds. The smallest absolute Gasteiger partial charge is 0.324 e. The summed E-state index contributed by atoms with van der Waals surface area (Å²) in [6.45, 7) is 0. The summed E-state index contributed by atoms with van der Waals surface area (Å²) in [6.07, 6.45) is 3.52. The highest BCUT2D eigenvalue weighted by atomic mass is 32.2. The lowest BCUT2D eigenvalue weighted by atomic mass is 10.1. The zero-order valence-corrected chi connectivity index (χ0v) is 16.6. The van der Waals surface area contributed by atoms with Crippen molar-refractivity contribution in [2.24, 2.45) is 5.73 Å². The van der Waals surface area contributed by atoms with Gasteiger partial charge in [0.2, 0.25) is 0 Å². The van der Waals surface area contributed by atoms with Gasteiger partial charge in [0.25, 0.3) is 0 Å². The quantitative estimate of drug-likeness (QED) is 0.472. The number of carbonyl (C=O) groups excluding carboxylic acids is 1. The van der Waals surface area contributed by atoms with Gasteiger partial charge >= 0.3 is 6.03 Å². The van der Waals surface area contributed by atoms with Gasteiger partial charge in [-0.05, 0) is 59.3 Å². The molecule has 0 spiro atoms. The predicted molar refractivity (Wildman–Crippen MR) is 117 cm³/mol. The maximum absolute atomic E-state index is 12.4. The van der Waals surface area contributed by atoms with Crippen molar-refractivity contribution in [3.8, 4) is 5.75 Å². The number of hydrogen-bond donors (Lipinski definition) is 1. The van der Waals surface area contributed by atoms with Gasteiger partial charge in [-0.3, -0.25) is 9.88 Å². The number of benzene rings is 3. The first-order valence-corrected chi connectivity index (χ1v) is 9.81. The molecule has 0 aliphatic heterocycles. The van der Waals surface area contributed by atoms with Crippen LogP contribution in [0.5, 0.6) is 5.75 Å². The van der Waals surface area contributed by atoms with Crippen molar-refractivity contribution < 1.29 is 9.53 Å². The van der Waals surface area contributed by atoms with Crippen LogP contribution in [0.4, 0.5) is 16.2 Å². The molecule has 6 heteroatoms. The standard InChI is InChI=1S/C23H19N3O2S/c1-28-22-15-17-5-3-2-4-16(17)14-21(22)26(23(24)27)18-6-8-19(9-7-18)29-20-10-12-25-13-11-20/h2-15H,1H3,(H2,24,27). The number of fused-ring (bicyclic) bond motifs is 1. The van der Waals surface area contributed by atoms with Crippen LogP contribution in [0.15, 0.2) is 95.0 Å². The minimum absolute atomic E-state index is 0.576. The van der Waals surface area contributed by atoms with Crippen molar-refractivity contribution in [1.29, 1.82) is 0 Å². The predicted octanol–water partition coefficient (Wildman–Crippen LogP) is 5.61. The lowest BCUT2D eigenvalue weighted by Crippen LogP contribution is -2.31. The Morgan fingerprint density at radius 2 is 1.55 bits per heavy atom. The van der Waals surface area contributed by atoms with E-state index < -0.39 is 6.03 Å². The fraction of sp³-hybridized carbons (Fsp3) is 0.0435. The van der Waals surface area contributed by atoms with Crippen LogP contribution in [0.3, 0.4) is 0 Å². The van der Waals surface area contributed by atoms with E-state index in [0.717, 1.165) is 20.6 Å². The molecule has 0 radical (unpaired) electrons. The number of hydrogen-bond acceptors (Lipinski definition) is 4. The Morgan fingerprint density at radius 1 is 0.931 bits per heavy atom. The number of nitrogens with zero attached hydrogens (tertiary/aromatic N) is 2. The number of urea groups is 1. The fourth-order valence-corrected chi connectivity index (χ4v) is 3.94. The van der Waals surface area contributed by atoms with E-state index in [1.165, 1.54) is 4.90 Å². The molecule has 29 heavy (non-hydrogen) atoms. The molecule has 0 fully saturated rings. The largest absolute Gasteiger partial charge is 0.495 e. The highest BCUT2D eigenvalue weighted by Crippen LogP contribution is 2.38. The molecule has 4 rings (SSSR count). The van der Waals surface area contributed by atoms with Gasteiger partial charge in [-0.1, -0.05) is 36.0 Å². The Kier molecular flexibility index (Phi) is 5.35. The molecule has 0 aliphatic carbocycles. The summed E-state index contributed by atoms with van der Waals surface area (Å²) in [4.78, 5) is 20.0. The fourth-order valence-electron chi connectivity index (χ4n) is 3.14. The SMILES string of the molecule is COc1cc2ccccc2cc1N(C(N)=O)c1ccc(Sc2ccncc2)cc1.